The van der Waals surface area contributed by atoms with Crippen LogP contribution in [0.15, 0.2) is 18.5 Å². The highest BCUT2D eigenvalue weighted by molar-refractivity contribution is 6.30. The lowest BCUT2D eigenvalue weighted by Gasteiger charge is -2.35. The van der Waals surface area contributed by atoms with Gasteiger partial charge in [-0.15, -0.1) is 0 Å². The quantitative estimate of drug-likeness (QED) is 0.206. The Labute approximate surface area is 281 Å². The number of hydrazine groups is 1. The van der Waals surface area contributed by atoms with E-state index in [0.717, 1.165) is 63.8 Å². The van der Waals surface area contributed by atoms with E-state index < -0.39 is 29.3 Å². The smallest absolute Gasteiger partial charge is 0.429 e. The van der Waals surface area contributed by atoms with Crippen molar-refractivity contribution >= 4 is 34.4 Å². The van der Waals surface area contributed by atoms with Crippen molar-refractivity contribution in [1.29, 1.82) is 0 Å². The molecule has 5 heterocycles. The van der Waals surface area contributed by atoms with Gasteiger partial charge in [0.2, 0.25) is 0 Å². The molecular weight excluding hydrogens is 656 g/mol. The summed E-state index contributed by atoms with van der Waals surface area (Å²) in [7, 11) is 0. The third-order valence-corrected chi connectivity index (χ3v) is 8.62. The molecule has 262 valence electrons. The Morgan fingerprint density at radius 1 is 1.06 bits per heavy atom. The number of halogens is 5. The zero-order chi connectivity index (χ0) is 34.5. The highest BCUT2D eigenvalue weighted by Crippen LogP contribution is 2.33. The summed E-state index contributed by atoms with van der Waals surface area (Å²) in [6.45, 7) is 7.21. The lowest BCUT2D eigenvalue weighted by atomic mass is 9.92. The molecule has 2 fully saturated rings. The summed E-state index contributed by atoms with van der Waals surface area (Å²) in [4.78, 5) is 26.4. The topological polar surface area (TPSA) is 118 Å². The highest BCUT2D eigenvalue weighted by atomic mass is 35.5. The van der Waals surface area contributed by atoms with Crippen LogP contribution in [0.2, 0.25) is 5.15 Å². The van der Waals surface area contributed by atoms with Crippen LogP contribution in [0.1, 0.15) is 83.4 Å². The second-order valence-electron chi connectivity index (χ2n) is 13.3. The Morgan fingerprint density at radius 3 is 2.62 bits per heavy atom. The molecule has 5 rings (SSSR count). The molecule has 1 N–H and O–H groups in total. The van der Waals surface area contributed by atoms with E-state index >= 15 is 4.39 Å². The molecule has 0 spiro atoms. The lowest BCUT2D eigenvalue weighted by molar-refractivity contribution is -0.138. The molecule has 0 aliphatic carbocycles. The monoisotopic (exact) mass is 696 g/mol. The third kappa shape index (κ3) is 9.30. The van der Waals surface area contributed by atoms with Crippen molar-refractivity contribution in [2.45, 2.75) is 96.4 Å². The van der Waals surface area contributed by atoms with E-state index in [9.17, 15) is 18.0 Å². The molecule has 11 nitrogen and oxygen atoms in total. The largest absolute Gasteiger partial charge is 0.463 e. The maximum atomic E-state index is 15.4. The molecule has 2 aliphatic rings. The van der Waals surface area contributed by atoms with Crippen LogP contribution < -0.4 is 15.1 Å². The van der Waals surface area contributed by atoms with Gasteiger partial charge in [-0.05, 0) is 97.1 Å². The summed E-state index contributed by atoms with van der Waals surface area (Å²) in [5, 5.41) is 14.0. The zero-order valence-corrected chi connectivity index (χ0v) is 28.1. The maximum Gasteiger partial charge on any atom is 0.429 e. The molecule has 3 aromatic rings. The molecule has 3 aromatic heterocycles. The van der Waals surface area contributed by atoms with Crippen molar-refractivity contribution in [2.75, 3.05) is 31.3 Å². The van der Waals surface area contributed by atoms with Gasteiger partial charge in [-0.3, -0.25) is 5.01 Å². The summed E-state index contributed by atoms with van der Waals surface area (Å²) < 4.78 is 66.5. The summed E-state index contributed by atoms with van der Waals surface area (Å²) in [6.07, 6.45) is 3.79. The van der Waals surface area contributed by atoms with Crippen molar-refractivity contribution < 1.29 is 31.8 Å². The van der Waals surface area contributed by atoms with E-state index in [1.807, 2.05) is 0 Å². The number of aromatic nitrogens is 5. The van der Waals surface area contributed by atoms with Crippen molar-refractivity contribution in [2.24, 2.45) is 5.92 Å². The van der Waals surface area contributed by atoms with Gasteiger partial charge in [-0.2, -0.15) is 33.3 Å². The number of alkyl halides is 3. The number of amides is 1. The first-order chi connectivity index (χ1) is 22.8. The first-order valence-electron chi connectivity index (χ1n) is 16.3. The van der Waals surface area contributed by atoms with Gasteiger partial charge in [0.15, 0.2) is 16.8 Å². The fourth-order valence-electron chi connectivity index (χ4n) is 5.92. The zero-order valence-electron chi connectivity index (χ0n) is 27.3. The lowest BCUT2D eigenvalue weighted by Crippen LogP contribution is -2.49. The summed E-state index contributed by atoms with van der Waals surface area (Å²) >= 11 is 6.05. The van der Waals surface area contributed by atoms with E-state index in [1.54, 1.807) is 25.8 Å². The molecule has 2 saturated heterocycles. The number of pyridine rings is 1. The van der Waals surface area contributed by atoms with Gasteiger partial charge in [0.1, 0.15) is 11.1 Å². The first kappa shape index (κ1) is 35.7. The van der Waals surface area contributed by atoms with E-state index in [0.29, 0.717) is 31.6 Å². The maximum absolute atomic E-state index is 15.4. The molecule has 1 amide bonds. The number of aryl methyl sites for hydroxylation is 1. The van der Waals surface area contributed by atoms with Crippen LogP contribution in [0.5, 0.6) is 6.01 Å². The minimum Gasteiger partial charge on any atom is -0.463 e. The van der Waals surface area contributed by atoms with E-state index in [-0.39, 0.29) is 46.5 Å². The van der Waals surface area contributed by atoms with Crippen LogP contribution in [-0.2, 0) is 17.3 Å². The molecule has 2 unspecified atom stereocenters. The fraction of sp³-hybridized carbons (Fsp3) is 0.625. The standard InChI is InChI=1S/C32H41ClF4N8O3/c1-31(2,3)48-30(46)45-15-6-4-5-14-44(45)28-24-18-39-27(33)25(34)26(24)41-29(42-28)47-19-20-8-7-13-38-22(10-9-20)11-12-23-16-21(17-40-43-23)32(35,36)37/h16-18,20,22,38H,4-15,19H2,1-3H3. The number of ether oxygens (including phenoxy) is 2. The van der Waals surface area contributed by atoms with Gasteiger partial charge >= 0.3 is 18.3 Å². The Balaban J connectivity index is 1.31. The summed E-state index contributed by atoms with van der Waals surface area (Å²) in [6, 6.07) is 1.08. The van der Waals surface area contributed by atoms with Gasteiger partial charge in [0.05, 0.1) is 29.4 Å². The number of carbonyl (C=O) groups excluding carboxylic acids is 1. The average molecular weight is 697 g/mol. The number of carbonyl (C=O) groups is 1. The minimum atomic E-state index is -4.47. The van der Waals surface area contributed by atoms with Gasteiger partial charge in [-0.25, -0.2) is 19.2 Å². The van der Waals surface area contributed by atoms with Crippen molar-refractivity contribution in [3.8, 4) is 6.01 Å². The first-order valence-corrected chi connectivity index (χ1v) is 16.7. The molecule has 0 aromatic carbocycles. The average Bonchev–Trinajstić information content (AvgIpc) is 3.27. The number of rotatable bonds is 7. The number of anilines is 1. The summed E-state index contributed by atoms with van der Waals surface area (Å²) in [5.41, 5.74) is -1.30. The van der Waals surface area contributed by atoms with E-state index in [1.165, 1.54) is 11.2 Å². The molecule has 0 radical (unpaired) electrons. The molecule has 2 atom stereocenters. The van der Waals surface area contributed by atoms with Crippen LogP contribution in [0.4, 0.5) is 28.2 Å². The van der Waals surface area contributed by atoms with Crippen LogP contribution in [0, 0.1) is 11.7 Å². The van der Waals surface area contributed by atoms with Gasteiger partial charge in [0.25, 0.3) is 0 Å². The van der Waals surface area contributed by atoms with Gasteiger partial charge in [-0.1, -0.05) is 11.6 Å². The Bertz CT molecular complexity index is 1570. The third-order valence-electron chi connectivity index (χ3n) is 8.36. The van der Waals surface area contributed by atoms with Crippen molar-refractivity contribution in [1.82, 2.24) is 35.5 Å². The number of nitrogens with one attached hydrogen (secondary N) is 1. The number of hydrogen-bond acceptors (Lipinski definition) is 10. The number of nitrogens with zero attached hydrogens (tertiary/aromatic N) is 7. The second kappa shape index (κ2) is 15.3. The highest BCUT2D eigenvalue weighted by Gasteiger charge is 2.33. The SMILES string of the molecule is CC(C)(C)OC(=O)N1CCCCCN1c1nc(OCC2CCCNC(CCc3cc(C(F)(F)F)cnn3)CC2)nc2c(F)c(Cl)ncc12. The van der Waals surface area contributed by atoms with Crippen LogP contribution >= 0.6 is 11.6 Å². The molecule has 2 aliphatic heterocycles. The molecule has 48 heavy (non-hydrogen) atoms. The molecular formula is C32H41ClF4N8O3. The Hall–Kier alpha value is -3.59. The summed E-state index contributed by atoms with van der Waals surface area (Å²) in [5.74, 6) is -0.412. The van der Waals surface area contributed by atoms with Crippen LogP contribution in [0.25, 0.3) is 10.9 Å². The Morgan fingerprint density at radius 2 is 1.85 bits per heavy atom. The Kier molecular flexibility index (Phi) is 11.4. The van der Waals surface area contributed by atoms with Gasteiger partial charge < -0.3 is 14.8 Å². The number of fused-ring (bicyclic) bond motifs is 1. The minimum absolute atomic E-state index is 0.0492. The normalized spacial score (nSPS) is 19.8. The van der Waals surface area contributed by atoms with E-state index in [4.69, 9.17) is 21.1 Å². The van der Waals surface area contributed by atoms with E-state index in [2.05, 4.69) is 30.5 Å². The fourth-order valence-corrected chi connectivity index (χ4v) is 6.06. The van der Waals surface area contributed by atoms with Crippen molar-refractivity contribution in [3.05, 3.63) is 40.7 Å². The number of hydrogen-bond donors (Lipinski definition) is 1. The molecule has 0 bridgehead atoms. The van der Waals surface area contributed by atoms with Gasteiger partial charge in [0, 0.05) is 25.3 Å². The molecule has 0 saturated carbocycles. The second-order valence-corrected chi connectivity index (χ2v) is 13.6. The van der Waals surface area contributed by atoms with Crippen LogP contribution in [0.3, 0.4) is 0 Å². The predicted molar refractivity (Wildman–Crippen MR) is 171 cm³/mol. The predicted octanol–water partition coefficient (Wildman–Crippen LogP) is 6.93. The van der Waals surface area contributed by atoms with Crippen molar-refractivity contribution in [3.63, 3.8) is 0 Å². The molecule has 16 heteroatoms. The van der Waals surface area contributed by atoms with Crippen LogP contribution in [-0.4, -0.2) is 74.1 Å².